The van der Waals surface area contributed by atoms with E-state index < -0.39 is 17.4 Å². The molecule has 2 N–H and O–H groups in total. The second kappa shape index (κ2) is 12.6. The minimum Gasteiger partial charge on any atom is -0.490 e. The van der Waals surface area contributed by atoms with E-state index in [1.54, 1.807) is 32.2 Å². The van der Waals surface area contributed by atoms with E-state index in [0.717, 1.165) is 45.1 Å². The topological polar surface area (TPSA) is 110 Å². The second-order valence-corrected chi connectivity index (χ2v) is 12.9. The molecule has 9 heteroatoms. The quantitative estimate of drug-likeness (QED) is 0.200. The first kappa shape index (κ1) is 31.8. The van der Waals surface area contributed by atoms with Crippen LogP contribution in [0.5, 0.6) is 5.75 Å². The maximum atomic E-state index is 15.4. The fourth-order valence-electron chi connectivity index (χ4n) is 5.93. The van der Waals surface area contributed by atoms with Gasteiger partial charge in [-0.05, 0) is 82.9 Å². The number of aliphatic hydroxyl groups is 1. The Kier molecular flexibility index (Phi) is 8.51. The van der Waals surface area contributed by atoms with E-state index >= 15 is 4.39 Å². The zero-order chi connectivity index (χ0) is 33.5. The summed E-state index contributed by atoms with van der Waals surface area (Å²) < 4.78 is 22.7. The van der Waals surface area contributed by atoms with Crippen molar-refractivity contribution >= 4 is 22.5 Å². The number of para-hydroxylation sites is 1. The Morgan fingerprint density at radius 2 is 1.74 bits per heavy atom. The Morgan fingerprint density at radius 3 is 2.51 bits per heavy atom. The molecule has 0 unspecified atom stereocenters. The lowest BCUT2D eigenvalue weighted by atomic mass is 9.91. The van der Waals surface area contributed by atoms with Gasteiger partial charge < -0.3 is 14.9 Å². The van der Waals surface area contributed by atoms with Gasteiger partial charge in [-0.3, -0.25) is 9.78 Å². The number of carbonyl (C=O) groups is 1. The molecule has 0 radical (unpaired) electrons. The van der Waals surface area contributed by atoms with Crippen LogP contribution in [0.2, 0.25) is 0 Å². The Labute approximate surface area is 272 Å². The van der Waals surface area contributed by atoms with Crippen LogP contribution in [-0.2, 0) is 17.6 Å². The number of ether oxygens (including phenoxy) is 1. The number of carboxylic acids is 1. The minimum absolute atomic E-state index is 0.265. The van der Waals surface area contributed by atoms with Crippen LogP contribution in [0.4, 0.5) is 4.39 Å². The summed E-state index contributed by atoms with van der Waals surface area (Å²) in [4.78, 5) is 21.3. The molecule has 1 aliphatic rings. The molecule has 7 rings (SSSR count). The van der Waals surface area contributed by atoms with E-state index in [9.17, 15) is 9.90 Å². The monoisotopic (exact) mass is 632 g/mol. The Balaban J connectivity index is 0.000000720. The van der Waals surface area contributed by atoms with Gasteiger partial charge in [0.05, 0.1) is 35.5 Å². The maximum Gasteiger partial charge on any atom is 0.307 e. The molecule has 240 valence electrons. The van der Waals surface area contributed by atoms with Crippen LogP contribution in [0.15, 0.2) is 72.9 Å². The molecule has 0 bridgehead atoms. The van der Waals surface area contributed by atoms with Gasteiger partial charge in [-0.15, -0.1) is 0 Å². The minimum atomic E-state index is -0.996. The van der Waals surface area contributed by atoms with Crippen LogP contribution in [0, 0.1) is 19.7 Å². The van der Waals surface area contributed by atoms with Crippen molar-refractivity contribution in [3.63, 3.8) is 0 Å². The van der Waals surface area contributed by atoms with Crippen molar-refractivity contribution in [2.45, 2.75) is 59.5 Å². The molecule has 8 nitrogen and oxygen atoms in total. The summed E-state index contributed by atoms with van der Waals surface area (Å²) >= 11 is 0. The first-order valence-electron chi connectivity index (χ1n) is 15.6. The maximum absolute atomic E-state index is 15.4. The van der Waals surface area contributed by atoms with Gasteiger partial charge in [-0.2, -0.15) is 5.10 Å². The van der Waals surface area contributed by atoms with Crippen LogP contribution in [0.25, 0.3) is 50.2 Å². The number of pyridine rings is 1. The van der Waals surface area contributed by atoms with Gasteiger partial charge in [0.1, 0.15) is 0 Å². The van der Waals surface area contributed by atoms with E-state index in [2.05, 4.69) is 17.1 Å². The molecule has 0 aliphatic carbocycles. The van der Waals surface area contributed by atoms with Gasteiger partial charge in [-0.1, -0.05) is 36.4 Å². The molecule has 1 aliphatic heterocycles. The third-order valence-electron chi connectivity index (χ3n) is 8.01. The van der Waals surface area contributed by atoms with Gasteiger partial charge in [0.25, 0.3) is 0 Å². The summed E-state index contributed by atoms with van der Waals surface area (Å²) in [7, 11) is 0. The Morgan fingerprint density at radius 1 is 1.00 bits per heavy atom. The molecule has 47 heavy (non-hydrogen) atoms. The predicted molar refractivity (Wildman–Crippen MR) is 181 cm³/mol. The van der Waals surface area contributed by atoms with Gasteiger partial charge in [0.2, 0.25) is 0 Å². The van der Waals surface area contributed by atoms with Crippen molar-refractivity contribution in [1.29, 1.82) is 0 Å². The van der Waals surface area contributed by atoms with Crippen LogP contribution >= 0.6 is 0 Å². The number of nitrogens with zero attached hydrogens (tertiary/aromatic N) is 4. The Bertz CT molecular complexity index is 2140. The SMILES string of the molecule is CC(C)(C)O.Cc1nc2cc(-c3cccc(-c4cnc5ccccc5c4)c3)nn2c(-c2cc(F)c3c(c2C)CCCO3)c1CC(=O)O. The lowest BCUT2D eigenvalue weighted by molar-refractivity contribution is -0.136. The molecule has 3 aromatic heterocycles. The molecule has 4 heterocycles. The molecular weight excluding hydrogens is 595 g/mol. The van der Waals surface area contributed by atoms with Crippen LogP contribution in [0.3, 0.4) is 0 Å². The van der Waals surface area contributed by atoms with E-state index in [1.165, 1.54) is 6.07 Å². The number of rotatable bonds is 5. The van der Waals surface area contributed by atoms with Crippen molar-refractivity contribution in [2.75, 3.05) is 6.61 Å². The second-order valence-electron chi connectivity index (χ2n) is 12.9. The first-order chi connectivity index (χ1) is 22.4. The average molecular weight is 633 g/mol. The number of hydrogen-bond donors (Lipinski definition) is 2. The third-order valence-corrected chi connectivity index (χ3v) is 8.01. The molecule has 0 atom stereocenters. The van der Waals surface area contributed by atoms with Gasteiger partial charge in [0, 0.05) is 51.2 Å². The van der Waals surface area contributed by atoms with E-state index in [-0.39, 0.29) is 12.2 Å². The van der Waals surface area contributed by atoms with Gasteiger partial charge in [-0.25, -0.2) is 13.9 Å². The molecule has 0 amide bonds. The lowest BCUT2D eigenvalue weighted by Gasteiger charge is -2.23. The first-order valence-corrected chi connectivity index (χ1v) is 15.6. The number of fused-ring (bicyclic) bond motifs is 3. The zero-order valence-electron chi connectivity index (χ0n) is 27.1. The summed E-state index contributed by atoms with van der Waals surface area (Å²) in [6.07, 6.45) is 3.08. The fourth-order valence-corrected chi connectivity index (χ4v) is 5.93. The van der Waals surface area contributed by atoms with Crippen molar-refractivity contribution < 1.29 is 24.1 Å². The molecule has 0 saturated carbocycles. The number of aromatic nitrogens is 4. The molecule has 3 aromatic carbocycles. The normalized spacial score (nSPS) is 12.7. The lowest BCUT2D eigenvalue weighted by Crippen LogP contribution is -2.14. The summed E-state index contributed by atoms with van der Waals surface area (Å²) in [5.74, 6) is -1.17. The van der Waals surface area contributed by atoms with Gasteiger partial charge in [0.15, 0.2) is 17.2 Å². The molecular formula is C38H37FN4O4. The zero-order valence-corrected chi connectivity index (χ0v) is 27.1. The van der Waals surface area contributed by atoms with E-state index in [4.69, 9.17) is 19.9 Å². The van der Waals surface area contributed by atoms with E-state index in [1.807, 2.05) is 61.7 Å². The van der Waals surface area contributed by atoms with Gasteiger partial charge >= 0.3 is 5.97 Å². The highest BCUT2D eigenvalue weighted by Crippen LogP contribution is 2.39. The number of carboxylic acid groups (broad SMARTS) is 1. The van der Waals surface area contributed by atoms with E-state index in [0.29, 0.717) is 46.9 Å². The largest absolute Gasteiger partial charge is 0.490 e. The van der Waals surface area contributed by atoms with Crippen molar-refractivity contribution in [3.05, 3.63) is 101 Å². The number of hydrogen-bond acceptors (Lipinski definition) is 6. The third kappa shape index (κ3) is 6.71. The molecule has 0 saturated heterocycles. The summed E-state index contributed by atoms with van der Waals surface area (Å²) in [5.41, 5.74) is 8.36. The van der Waals surface area contributed by atoms with Crippen LogP contribution < -0.4 is 4.74 Å². The number of aliphatic carboxylic acids is 1. The summed E-state index contributed by atoms with van der Waals surface area (Å²) in [6.45, 7) is 9.42. The molecule has 6 aromatic rings. The number of halogens is 1. The van der Waals surface area contributed by atoms with Crippen LogP contribution in [0.1, 0.15) is 49.6 Å². The predicted octanol–water partition coefficient (Wildman–Crippen LogP) is 7.76. The summed E-state index contributed by atoms with van der Waals surface area (Å²) in [5, 5.41) is 24.3. The highest BCUT2D eigenvalue weighted by atomic mass is 19.1. The van der Waals surface area contributed by atoms with Crippen molar-refractivity contribution in [1.82, 2.24) is 19.6 Å². The Hall–Kier alpha value is -5.15. The van der Waals surface area contributed by atoms with Crippen molar-refractivity contribution in [3.8, 4) is 39.4 Å². The number of aryl methyl sites for hydroxylation is 1. The standard InChI is InChI=1S/C34H27FN4O3.C4H10O/c1-19-25-10-6-12-42-34(25)28(35)15-26(19)33-27(16-32(40)41)20(2)37-31-17-30(38-39(31)33)23-9-5-8-21(13-23)24-14-22-7-3-4-11-29(22)36-18-24;1-4(2,3)5/h3-5,7-9,11,13-15,17-18H,6,10,12,16H2,1-2H3,(H,40,41);5H,1-3H3. The highest BCUT2D eigenvalue weighted by Gasteiger charge is 2.26. The number of benzene rings is 3. The molecule has 0 fully saturated rings. The molecule has 0 spiro atoms. The fraction of sp³-hybridized carbons (Fsp3) is 0.263. The smallest absolute Gasteiger partial charge is 0.307 e. The summed E-state index contributed by atoms with van der Waals surface area (Å²) in [6, 6.07) is 21.5. The van der Waals surface area contributed by atoms with Crippen LogP contribution in [-0.4, -0.2) is 48.0 Å². The highest BCUT2D eigenvalue weighted by molar-refractivity contribution is 5.85. The van der Waals surface area contributed by atoms with Crippen molar-refractivity contribution in [2.24, 2.45) is 0 Å². The average Bonchev–Trinajstić information content (AvgIpc) is 3.46.